The van der Waals surface area contributed by atoms with Crippen molar-refractivity contribution in [1.29, 1.82) is 0 Å². The lowest BCUT2D eigenvalue weighted by atomic mass is 10.1. The number of carbonyl (C=O) groups excluding carboxylic acids is 1. The number of aryl methyl sites for hydroxylation is 1. The molecule has 7 heteroatoms. The smallest absolute Gasteiger partial charge is 0.261 e. The van der Waals surface area contributed by atoms with Gasteiger partial charge in [-0.15, -0.1) is 0 Å². The number of benzene rings is 1. The number of pyridine rings is 1. The third kappa shape index (κ3) is 3.97. The number of nitrogens with zero attached hydrogens (tertiary/aromatic N) is 4. The molecule has 0 atom stereocenters. The highest BCUT2D eigenvalue weighted by molar-refractivity contribution is 5.90. The van der Waals surface area contributed by atoms with E-state index in [1.165, 1.54) is 10.9 Å². The van der Waals surface area contributed by atoms with Crippen molar-refractivity contribution in [2.45, 2.75) is 27.3 Å². The first kappa shape index (κ1) is 18.6. The number of aromatic nitrogens is 3. The molecule has 3 rings (SSSR count). The van der Waals surface area contributed by atoms with Gasteiger partial charge in [0.15, 0.2) is 0 Å². The normalized spacial score (nSPS) is 10.8. The molecule has 1 amide bonds. The Hall–Kier alpha value is -3.22. The Bertz CT molecular complexity index is 1010. The average Bonchev–Trinajstić information content (AvgIpc) is 2.67. The maximum Gasteiger partial charge on any atom is 0.261 e. The van der Waals surface area contributed by atoms with Gasteiger partial charge in [0.25, 0.3) is 5.56 Å². The molecule has 3 aromatic rings. The molecule has 1 N–H and O–H groups in total. The maximum atomic E-state index is 12.6. The Kier molecular flexibility index (Phi) is 5.49. The van der Waals surface area contributed by atoms with Crippen LogP contribution in [-0.4, -0.2) is 33.5 Å². The fourth-order valence-corrected chi connectivity index (χ4v) is 3.00. The topological polar surface area (TPSA) is 80.1 Å². The van der Waals surface area contributed by atoms with Crippen molar-refractivity contribution in [3.05, 3.63) is 58.8 Å². The van der Waals surface area contributed by atoms with Crippen LogP contribution in [0.4, 0.5) is 11.5 Å². The summed E-state index contributed by atoms with van der Waals surface area (Å²) in [5, 5.41) is 3.28. The van der Waals surface area contributed by atoms with Gasteiger partial charge in [-0.1, -0.05) is 12.1 Å². The minimum Gasteiger partial charge on any atom is -0.357 e. The summed E-state index contributed by atoms with van der Waals surface area (Å²) in [6.07, 6.45) is 3.04. The molecule has 2 heterocycles. The summed E-state index contributed by atoms with van der Waals surface area (Å²) < 4.78 is 1.31. The maximum absolute atomic E-state index is 12.6. The summed E-state index contributed by atoms with van der Waals surface area (Å²) in [6.45, 7) is 7.67. The van der Waals surface area contributed by atoms with Gasteiger partial charge in [-0.05, 0) is 44.5 Å². The number of para-hydroxylation sites is 1. The first-order valence-corrected chi connectivity index (χ1v) is 8.99. The van der Waals surface area contributed by atoms with Gasteiger partial charge in [-0.3, -0.25) is 14.2 Å². The lowest BCUT2D eigenvalue weighted by molar-refractivity contribution is -0.116. The highest BCUT2D eigenvalue weighted by Crippen LogP contribution is 2.14. The van der Waals surface area contributed by atoms with Crippen LogP contribution in [-0.2, 0) is 11.3 Å². The molecule has 0 saturated heterocycles. The fourth-order valence-electron chi connectivity index (χ4n) is 3.00. The molecular formula is C20H23N5O2. The van der Waals surface area contributed by atoms with Crippen LogP contribution in [0.25, 0.3) is 10.9 Å². The van der Waals surface area contributed by atoms with Gasteiger partial charge in [-0.2, -0.15) is 0 Å². The molecule has 0 aliphatic carbocycles. The van der Waals surface area contributed by atoms with E-state index in [1.807, 2.05) is 31.2 Å². The zero-order chi connectivity index (χ0) is 19.4. The van der Waals surface area contributed by atoms with Gasteiger partial charge in [0.1, 0.15) is 12.4 Å². The van der Waals surface area contributed by atoms with E-state index >= 15 is 0 Å². The van der Waals surface area contributed by atoms with Crippen LogP contribution in [0.1, 0.15) is 19.4 Å². The summed E-state index contributed by atoms with van der Waals surface area (Å²) in [4.78, 5) is 35.7. The van der Waals surface area contributed by atoms with E-state index in [1.54, 1.807) is 12.3 Å². The monoisotopic (exact) mass is 365 g/mol. The summed E-state index contributed by atoms with van der Waals surface area (Å²) in [5.41, 5.74) is 1.96. The highest BCUT2D eigenvalue weighted by Gasteiger charge is 2.10. The molecular weight excluding hydrogens is 342 g/mol. The SMILES string of the molecule is CCN(CC)c1ccc(NC(=O)Cn2cnc3c(C)cccc3c2=O)cn1. The zero-order valence-electron chi connectivity index (χ0n) is 15.8. The van der Waals surface area contributed by atoms with Crippen molar-refractivity contribution in [2.75, 3.05) is 23.3 Å². The van der Waals surface area contributed by atoms with E-state index in [0.29, 0.717) is 16.6 Å². The average molecular weight is 365 g/mol. The standard InChI is InChI=1S/C20H23N5O2/c1-4-24(5-2)17-10-9-15(11-21-17)23-18(26)12-25-13-22-19-14(3)7-6-8-16(19)20(25)27/h6-11,13H,4-5,12H2,1-3H3,(H,23,26). The Morgan fingerprint density at radius 1 is 1.15 bits per heavy atom. The van der Waals surface area contributed by atoms with E-state index in [9.17, 15) is 9.59 Å². The largest absolute Gasteiger partial charge is 0.357 e. The molecule has 0 spiro atoms. The summed E-state index contributed by atoms with van der Waals surface area (Å²) in [5.74, 6) is 0.562. The molecule has 0 saturated carbocycles. The van der Waals surface area contributed by atoms with Gasteiger partial charge < -0.3 is 10.2 Å². The van der Waals surface area contributed by atoms with E-state index in [-0.39, 0.29) is 18.0 Å². The van der Waals surface area contributed by atoms with E-state index in [0.717, 1.165) is 24.5 Å². The predicted octanol–water partition coefficient (Wildman–Crippen LogP) is 2.58. The van der Waals surface area contributed by atoms with E-state index < -0.39 is 0 Å². The minimum atomic E-state index is -0.303. The lowest BCUT2D eigenvalue weighted by Crippen LogP contribution is -2.28. The fraction of sp³-hybridized carbons (Fsp3) is 0.300. The van der Waals surface area contributed by atoms with Crippen LogP contribution in [0.3, 0.4) is 0 Å². The van der Waals surface area contributed by atoms with E-state index in [4.69, 9.17) is 0 Å². The van der Waals surface area contributed by atoms with Crippen molar-refractivity contribution < 1.29 is 4.79 Å². The number of nitrogens with one attached hydrogen (secondary N) is 1. The number of rotatable bonds is 6. The highest BCUT2D eigenvalue weighted by atomic mass is 16.2. The number of amides is 1. The molecule has 1 aromatic carbocycles. The molecule has 0 unspecified atom stereocenters. The van der Waals surface area contributed by atoms with Gasteiger partial charge in [0, 0.05) is 13.1 Å². The Morgan fingerprint density at radius 2 is 1.93 bits per heavy atom. The second kappa shape index (κ2) is 7.99. The molecule has 140 valence electrons. The second-order valence-corrected chi connectivity index (χ2v) is 6.27. The molecule has 27 heavy (non-hydrogen) atoms. The minimum absolute atomic E-state index is 0.104. The number of fused-ring (bicyclic) bond motifs is 1. The molecule has 2 aromatic heterocycles. The Balaban J connectivity index is 1.74. The lowest BCUT2D eigenvalue weighted by Gasteiger charge is -2.19. The molecule has 0 radical (unpaired) electrons. The van der Waals surface area contributed by atoms with E-state index in [2.05, 4.69) is 34.0 Å². The third-order valence-electron chi connectivity index (χ3n) is 4.49. The number of hydrogen-bond donors (Lipinski definition) is 1. The van der Waals surface area contributed by atoms with Crippen molar-refractivity contribution in [3.8, 4) is 0 Å². The van der Waals surface area contributed by atoms with Gasteiger partial charge in [0.05, 0.1) is 29.1 Å². The Morgan fingerprint density at radius 3 is 2.59 bits per heavy atom. The molecule has 0 aliphatic heterocycles. The van der Waals surface area contributed by atoms with Gasteiger partial charge in [0.2, 0.25) is 5.91 Å². The molecule has 0 fully saturated rings. The van der Waals surface area contributed by atoms with Crippen molar-refractivity contribution in [2.24, 2.45) is 0 Å². The molecule has 0 aliphatic rings. The summed E-state index contributed by atoms with van der Waals surface area (Å²) in [7, 11) is 0. The first-order valence-electron chi connectivity index (χ1n) is 8.99. The van der Waals surface area contributed by atoms with Gasteiger partial charge >= 0.3 is 0 Å². The molecule has 7 nitrogen and oxygen atoms in total. The Labute approximate surface area is 157 Å². The van der Waals surface area contributed by atoms with Crippen LogP contribution < -0.4 is 15.8 Å². The van der Waals surface area contributed by atoms with Crippen LogP contribution in [0.15, 0.2) is 47.7 Å². The van der Waals surface area contributed by atoms with Crippen molar-refractivity contribution >= 4 is 28.3 Å². The van der Waals surface area contributed by atoms with Crippen LogP contribution in [0, 0.1) is 6.92 Å². The molecule has 0 bridgehead atoms. The van der Waals surface area contributed by atoms with Crippen molar-refractivity contribution in [1.82, 2.24) is 14.5 Å². The quantitative estimate of drug-likeness (QED) is 0.726. The number of hydrogen-bond acceptors (Lipinski definition) is 5. The van der Waals surface area contributed by atoms with Crippen LogP contribution in [0.2, 0.25) is 0 Å². The predicted molar refractivity (Wildman–Crippen MR) is 107 cm³/mol. The van der Waals surface area contributed by atoms with Gasteiger partial charge in [-0.25, -0.2) is 9.97 Å². The first-order chi connectivity index (χ1) is 13.0. The second-order valence-electron chi connectivity index (χ2n) is 6.27. The van der Waals surface area contributed by atoms with Crippen molar-refractivity contribution in [3.63, 3.8) is 0 Å². The summed E-state index contributed by atoms with van der Waals surface area (Å²) in [6, 6.07) is 9.12. The van der Waals surface area contributed by atoms with Crippen LogP contribution in [0.5, 0.6) is 0 Å². The number of anilines is 2. The third-order valence-corrected chi connectivity index (χ3v) is 4.49. The summed E-state index contributed by atoms with van der Waals surface area (Å²) >= 11 is 0. The van der Waals surface area contributed by atoms with Crippen LogP contribution >= 0.6 is 0 Å². The zero-order valence-corrected chi connectivity index (χ0v) is 15.8. The number of carbonyl (C=O) groups is 1.